The molecule has 14 nitrogen and oxygen atoms in total. The van der Waals surface area contributed by atoms with Crippen LogP contribution in [-0.2, 0) is 30.8 Å². The Hall–Kier alpha value is -4.40. The van der Waals surface area contributed by atoms with Gasteiger partial charge in [-0.15, -0.1) is 0 Å². The predicted molar refractivity (Wildman–Crippen MR) is 181 cm³/mol. The van der Waals surface area contributed by atoms with Gasteiger partial charge in [-0.05, 0) is 83.4 Å². The van der Waals surface area contributed by atoms with Crippen molar-refractivity contribution in [3.63, 3.8) is 0 Å². The number of ether oxygens (including phenoxy) is 1. The summed E-state index contributed by atoms with van der Waals surface area (Å²) in [4.78, 5) is 60.3. The molecule has 0 radical (unpaired) electrons. The van der Waals surface area contributed by atoms with E-state index >= 15 is 0 Å². The van der Waals surface area contributed by atoms with Gasteiger partial charge in [0.2, 0.25) is 21.8 Å². The van der Waals surface area contributed by atoms with Crippen molar-refractivity contribution in [3.8, 4) is 11.5 Å². The van der Waals surface area contributed by atoms with Crippen LogP contribution in [-0.4, -0.2) is 86.8 Å². The Morgan fingerprint density at radius 3 is 2.64 bits per heavy atom. The SMILES string of the molecule is Cc1nc2ccc(O)cc2c2c1O[C@]1(CC2)C[C@H]2C(=O)N[C@]3(C(=O)NS(=O)(=O)C4(C)CC4)C[C@H]3/C=C\CCCCC[C@H](NC(=O)O)C(=O)N2C1. The molecule has 5 aliphatic rings. The largest absolute Gasteiger partial charge is 0.508 e. The van der Waals surface area contributed by atoms with E-state index in [0.717, 1.165) is 23.8 Å². The Balaban J connectivity index is 1.23. The molecule has 5 atom stereocenters. The molecule has 3 fully saturated rings. The smallest absolute Gasteiger partial charge is 0.405 e. The lowest BCUT2D eigenvalue weighted by atomic mass is 9.87. The van der Waals surface area contributed by atoms with Crippen molar-refractivity contribution in [1.29, 1.82) is 0 Å². The van der Waals surface area contributed by atoms with Gasteiger partial charge in [0.1, 0.15) is 34.7 Å². The molecule has 5 N–H and O–H groups in total. The number of amides is 4. The van der Waals surface area contributed by atoms with Gasteiger partial charge in [-0.1, -0.05) is 25.0 Å². The van der Waals surface area contributed by atoms with Crippen molar-refractivity contribution < 1.29 is 42.5 Å². The summed E-state index contributed by atoms with van der Waals surface area (Å²) in [6, 6.07) is 2.68. The van der Waals surface area contributed by atoms with Gasteiger partial charge in [0.15, 0.2) is 0 Å². The van der Waals surface area contributed by atoms with Gasteiger partial charge in [0, 0.05) is 23.3 Å². The fourth-order valence-electron chi connectivity index (χ4n) is 7.83. The maximum absolute atomic E-state index is 14.4. The van der Waals surface area contributed by atoms with Gasteiger partial charge in [-0.2, -0.15) is 0 Å². The molecule has 2 saturated carbocycles. The molecular weight excluding hydrogens is 666 g/mol. The summed E-state index contributed by atoms with van der Waals surface area (Å²) in [5.74, 6) is -1.88. The first-order valence-corrected chi connectivity index (χ1v) is 18.8. The Morgan fingerprint density at radius 2 is 1.90 bits per heavy atom. The van der Waals surface area contributed by atoms with Crippen molar-refractivity contribution in [2.75, 3.05) is 6.54 Å². The molecule has 2 aromatic rings. The second kappa shape index (κ2) is 12.1. The summed E-state index contributed by atoms with van der Waals surface area (Å²) in [5, 5.41) is 25.8. The van der Waals surface area contributed by atoms with Crippen LogP contribution in [0.5, 0.6) is 11.5 Å². The fourth-order valence-corrected chi connectivity index (χ4v) is 9.14. The molecule has 1 spiro atoms. The highest BCUT2D eigenvalue weighted by Gasteiger charge is 2.64. The molecule has 1 saturated heterocycles. The monoisotopic (exact) mass is 709 g/mol. The number of pyridine rings is 1. The lowest BCUT2D eigenvalue weighted by Crippen LogP contribution is -2.58. The minimum atomic E-state index is -3.99. The molecule has 4 amide bonds. The molecule has 50 heavy (non-hydrogen) atoms. The average molecular weight is 710 g/mol. The van der Waals surface area contributed by atoms with E-state index in [1.807, 2.05) is 19.1 Å². The number of aromatic hydroxyl groups is 1. The van der Waals surface area contributed by atoms with Gasteiger partial charge < -0.3 is 30.5 Å². The van der Waals surface area contributed by atoms with Crippen molar-refractivity contribution >= 4 is 44.7 Å². The van der Waals surface area contributed by atoms with E-state index in [2.05, 4.69) is 20.3 Å². The normalized spacial score (nSPS) is 31.2. The average Bonchev–Trinajstić information content (AvgIpc) is 3.95. The third kappa shape index (κ3) is 6.02. The molecule has 7 rings (SSSR count). The van der Waals surface area contributed by atoms with Crippen molar-refractivity contribution in [2.24, 2.45) is 5.92 Å². The molecule has 1 aromatic heterocycles. The number of fused-ring (bicyclic) bond motifs is 5. The van der Waals surface area contributed by atoms with E-state index in [1.165, 1.54) is 4.90 Å². The Kier molecular flexibility index (Phi) is 8.27. The van der Waals surface area contributed by atoms with Crippen LogP contribution in [0.4, 0.5) is 4.79 Å². The summed E-state index contributed by atoms with van der Waals surface area (Å²) < 4.78 is 34.1. The summed E-state index contributed by atoms with van der Waals surface area (Å²) in [6.07, 6.45) is 7.38. The van der Waals surface area contributed by atoms with Gasteiger partial charge in [0.05, 0.1) is 22.5 Å². The number of aryl methyl sites for hydroxylation is 2. The topological polar surface area (TPSA) is 204 Å². The van der Waals surface area contributed by atoms with Crippen molar-refractivity contribution in [1.82, 2.24) is 25.2 Å². The van der Waals surface area contributed by atoms with E-state index in [1.54, 1.807) is 25.1 Å². The number of carbonyl (C=O) groups excluding carboxylic acids is 3. The van der Waals surface area contributed by atoms with Crippen LogP contribution in [0.25, 0.3) is 10.9 Å². The molecule has 3 aliphatic heterocycles. The third-order valence-electron chi connectivity index (χ3n) is 11.3. The highest BCUT2D eigenvalue weighted by molar-refractivity contribution is 7.91. The van der Waals surface area contributed by atoms with Gasteiger partial charge >= 0.3 is 6.09 Å². The van der Waals surface area contributed by atoms with E-state index in [0.29, 0.717) is 55.5 Å². The number of carboxylic acid groups (broad SMARTS) is 1. The first kappa shape index (κ1) is 34.1. The van der Waals surface area contributed by atoms with E-state index < -0.39 is 67.7 Å². The Morgan fingerprint density at radius 1 is 1.12 bits per heavy atom. The minimum Gasteiger partial charge on any atom is -0.508 e. The molecule has 15 heteroatoms. The fraction of sp³-hybridized carbons (Fsp3) is 0.571. The summed E-state index contributed by atoms with van der Waals surface area (Å²) >= 11 is 0. The number of benzene rings is 1. The van der Waals surface area contributed by atoms with Crippen LogP contribution < -0.4 is 20.1 Å². The van der Waals surface area contributed by atoms with Crippen LogP contribution in [0.1, 0.15) is 82.4 Å². The quantitative estimate of drug-likeness (QED) is 0.294. The maximum atomic E-state index is 14.4. The van der Waals surface area contributed by atoms with Crippen LogP contribution in [0.2, 0.25) is 0 Å². The number of rotatable bonds is 4. The summed E-state index contributed by atoms with van der Waals surface area (Å²) in [6.45, 7) is 3.37. The lowest BCUT2D eigenvalue weighted by Gasteiger charge is -2.36. The van der Waals surface area contributed by atoms with Crippen molar-refractivity contribution in [3.05, 3.63) is 41.6 Å². The molecule has 2 aliphatic carbocycles. The number of phenols is 1. The molecule has 0 bridgehead atoms. The Labute approximate surface area is 290 Å². The number of aromatic nitrogens is 1. The zero-order chi connectivity index (χ0) is 35.6. The maximum Gasteiger partial charge on any atom is 0.405 e. The van der Waals surface area contributed by atoms with E-state index in [-0.39, 0.29) is 31.6 Å². The number of hydrogen-bond donors (Lipinski definition) is 5. The zero-order valence-electron chi connectivity index (χ0n) is 28.2. The van der Waals surface area contributed by atoms with Crippen LogP contribution >= 0.6 is 0 Å². The van der Waals surface area contributed by atoms with Gasteiger partial charge in [-0.25, -0.2) is 18.2 Å². The third-order valence-corrected chi connectivity index (χ3v) is 13.4. The van der Waals surface area contributed by atoms with Crippen molar-refractivity contribution in [2.45, 2.75) is 112 Å². The van der Waals surface area contributed by atoms with E-state index in [9.17, 15) is 37.8 Å². The molecule has 1 aromatic carbocycles. The second-order valence-corrected chi connectivity index (χ2v) is 17.1. The first-order valence-electron chi connectivity index (χ1n) is 17.3. The molecule has 268 valence electrons. The number of sulfonamides is 1. The number of phenolic OH excluding ortho intramolecular Hbond substituents is 1. The second-order valence-electron chi connectivity index (χ2n) is 14.9. The molecular formula is C35H43N5O9S. The first-order chi connectivity index (χ1) is 23.7. The zero-order valence-corrected chi connectivity index (χ0v) is 29.0. The number of nitrogens with zero attached hydrogens (tertiary/aromatic N) is 2. The minimum absolute atomic E-state index is 0.0199. The number of hydrogen-bond acceptors (Lipinski definition) is 9. The number of carbonyl (C=O) groups is 4. The summed E-state index contributed by atoms with van der Waals surface area (Å²) in [5.41, 5.74) is -0.408. The summed E-state index contributed by atoms with van der Waals surface area (Å²) in [7, 11) is -3.99. The highest BCUT2D eigenvalue weighted by atomic mass is 32.2. The van der Waals surface area contributed by atoms with Gasteiger partial charge in [-0.3, -0.25) is 19.1 Å². The van der Waals surface area contributed by atoms with Crippen LogP contribution in [0, 0.1) is 12.8 Å². The highest BCUT2D eigenvalue weighted by Crippen LogP contribution is 2.49. The number of allylic oxidation sites excluding steroid dienone is 1. The van der Waals surface area contributed by atoms with Gasteiger partial charge in [0.25, 0.3) is 5.91 Å². The standard InChI is InChI=1S/C35H43N5O9S/c1-20-28-23(24-16-22(41)10-11-25(24)36-20)12-13-34(49-28)18-27-29(42)38-35(31(44)39-50(47,48)33(2)14-15-33)17-21(35)8-6-4-3-5-7-9-26(37-32(45)46)30(43)40(27)19-34/h6,8,10-11,16,21,26-27,37,41H,3-5,7,9,12-15,17-19H2,1-2H3,(H,38,42)(H,39,44)(H,45,46)/b8-6-/t21-,26+,27+,34-,35-/m1/s1. The predicted octanol–water partition coefficient (Wildman–Crippen LogP) is 2.94. The Bertz CT molecular complexity index is 1930. The van der Waals surface area contributed by atoms with E-state index in [4.69, 9.17) is 4.74 Å². The van der Waals surface area contributed by atoms with Crippen LogP contribution in [0.15, 0.2) is 30.4 Å². The molecule has 4 heterocycles. The number of nitrogens with one attached hydrogen (secondary N) is 3. The lowest BCUT2D eigenvalue weighted by molar-refractivity contribution is -0.141. The molecule has 0 unspecified atom stereocenters. The van der Waals surface area contributed by atoms with Crippen LogP contribution in [0.3, 0.4) is 0 Å².